The third-order valence-electron chi connectivity index (χ3n) is 4.96. The lowest BCUT2D eigenvalue weighted by atomic mass is 9.78. The summed E-state index contributed by atoms with van der Waals surface area (Å²) in [6, 6.07) is 0.0896. The number of hydrogen-bond acceptors (Lipinski definition) is 2. The van der Waals surface area contributed by atoms with E-state index in [-0.39, 0.29) is 12.0 Å². The molecule has 2 fully saturated rings. The second-order valence-electron chi connectivity index (χ2n) is 6.77. The average Bonchev–Trinajstić information content (AvgIpc) is 2.81. The van der Waals surface area contributed by atoms with Gasteiger partial charge in [-0.05, 0) is 43.4 Å². The van der Waals surface area contributed by atoms with Crippen molar-refractivity contribution in [2.24, 2.45) is 29.4 Å². The quantitative estimate of drug-likeness (QED) is 0.819. The highest BCUT2D eigenvalue weighted by Gasteiger charge is 2.37. The zero-order valence-corrected chi connectivity index (χ0v) is 12.1. The van der Waals surface area contributed by atoms with Crippen molar-refractivity contribution in [1.82, 2.24) is 4.90 Å². The first-order valence-electron chi connectivity index (χ1n) is 7.53. The molecule has 1 aliphatic carbocycles. The molecule has 18 heavy (non-hydrogen) atoms. The van der Waals surface area contributed by atoms with Crippen LogP contribution in [0.15, 0.2) is 0 Å². The monoisotopic (exact) mass is 252 g/mol. The van der Waals surface area contributed by atoms with E-state index in [0.717, 1.165) is 25.9 Å². The van der Waals surface area contributed by atoms with Gasteiger partial charge in [0.1, 0.15) is 0 Å². The predicted molar refractivity (Wildman–Crippen MR) is 74.0 cm³/mol. The Labute approximate surface area is 111 Å². The van der Waals surface area contributed by atoms with Gasteiger partial charge in [0.25, 0.3) is 0 Å². The molecule has 2 rings (SSSR count). The Morgan fingerprint density at radius 1 is 1.28 bits per heavy atom. The third-order valence-corrected chi connectivity index (χ3v) is 4.96. The molecule has 3 nitrogen and oxygen atoms in total. The molecule has 0 radical (unpaired) electrons. The SMILES string of the molecule is CC1CCC(N)C(C(=O)N2CCC(C(C)C)C2)C1. The van der Waals surface area contributed by atoms with Crippen molar-refractivity contribution in [1.29, 1.82) is 0 Å². The molecule has 2 N–H and O–H groups in total. The van der Waals surface area contributed by atoms with Crippen LogP contribution in [0.2, 0.25) is 0 Å². The van der Waals surface area contributed by atoms with Crippen molar-refractivity contribution >= 4 is 5.91 Å². The van der Waals surface area contributed by atoms with Gasteiger partial charge in [-0.15, -0.1) is 0 Å². The molecule has 1 amide bonds. The number of carbonyl (C=O) groups excluding carboxylic acids is 1. The molecule has 0 aromatic heterocycles. The molecule has 104 valence electrons. The van der Waals surface area contributed by atoms with E-state index in [9.17, 15) is 4.79 Å². The van der Waals surface area contributed by atoms with E-state index in [1.165, 1.54) is 12.8 Å². The lowest BCUT2D eigenvalue weighted by Gasteiger charge is -2.34. The zero-order valence-electron chi connectivity index (χ0n) is 12.1. The highest BCUT2D eigenvalue weighted by molar-refractivity contribution is 5.80. The summed E-state index contributed by atoms with van der Waals surface area (Å²) < 4.78 is 0. The summed E-state index contributed by atoms with van der Waals surface area (Å²) in [5, 5.41) is 0. The lowest BCUT2D eigenvalue weighted by molar-refractivity contribution is -0.136. The van der Waals surface area contributed by atoms with Crippen molar-refractivity contribution in [2.45, 2.75) is 52.5 Å². The van der Waals surface area contributed by atoms with Gasteiger partial charge in [-0.25, -0.2) is 0 Å². The Bertz CT molecular complexity index is 303. The van der Waals surface area contributed by atoms with Crippen LogP contribution in [0, 0.1) is 23.7 Å². The van der Waals surface area contributed by atoms with E-state index in [1.807, 2.05) is 0 Å². The topological polar surface area (TPSA) is 46.3 Å². The smallest absolute Gasteiger partial charge is 0.227 e. The maximum atomic E-state index is 12.6. The Morgan fingerprint density at radius 2 is 2.00 bits per heavy atom. The van der Waals surface area contributed by atoms with Gasteiger partial charge >= 0.3 is 0 Å². The van der Waals surface area contributed by atoms with Crippen molar-refractivity contribution in [3.05, 3.63) is 0 Å². The van der Waals surface area contributed by atoms with Gasteiger partial charge in [0.2, 0.25) is 5.91 Å². The molecule has 3 heteroatoms. The van der Waals surface area contributed by atoms with Gasteiger partial charge in [0, 0.05) is 19.1 Å². The average molecular weight is 252 g/mol. The lowest BCUT2D eigenvalue weighted by Crippen LogP contribution is -2.46. The summed E-state index contributed by atoms with van der Waals surface area (Å²) in [7, 11) is 0. The number of carbonyl (C=O) groups is 1. The van der Waals surface area contributed by atoms with E-state index >= 15 is 0 Å². The Balaban J connectivity index is 1.95. The van der Waals surface area contributed by atoms with Crippen LogP contribution in [-0.4, -0.2) is 29.9 Å². The van der Waals surface area contributed by atoms with E-state index in [2.05, 4.69) is 25.7 Å². The molecule has 1 saturated carbocycles. The van der Waals surface area contributed by atoms with Crippen molar-refractivity contribution < 1.29 is 4.79 Å². The largest absolute Gasteiger partial charge is 0.342 e. The third kappa shape index (κ3) is 2.87. The molecule has 0 aromatic carbocycles. The molecule has 1 saturated heterocycles. The molecular weight excluding hydrogens is 224 g/mol. The van der Waals surface area contributed by atoms with Crippen LogP contribution in [0.4, 0.5) is 0 Å². The highest BCUT2D eigenvalue weighted by Crippen LogP contribution is 2.32. The molecule has 1 aliphatic heterocycles. The van der Waals surface area contributed by atoms with Gasteiger partial charge in [0.15, 0.2) is 0 Å². The summed E-state index contributed by atoms with van der Waals surface area (Å²) in [4.78, 5) is 14.6. The number of nitrogens with two attached hydrogens (primary N) is 1. The van der Waals surface area contributed by atoms with Crippen LogP contribution in [0.25, 0.3) is 0 Å². The maximum absolute atomic E-state index is 12.6. The van der Waals surface area contributed by atoms with Gasteiger partial charge in [-0.2, -0.15) is 0 Å². The molecule has 1 heterocycles. The van der Waals surface area contributed by atoms with E-state index in [4.69, 9.17) is 5.73 Å². The fourth-order valence-electron chi connectivity index (χ4n) is 3.45. The minimum Gasteiger partial charge on any atom is -0.342 e. The number of rotatable bonds is 2. The first-order chi connectivity index (χ1) is 8.49. The molecule has 4 atom stereocenters. The normalized spacial score (nSPS) is 37.3. The zero-order chi connectivity index (χ0) is 13.3. The van der Waals surface area contributed by atoms with Crippen molar-refractivity contribution in [3.63, 3.8) is 0 Å². The molecule has 0 bridgehead atoms. The van der Waals surface area contributed by atoms with Crippen molar-refractivity contribution in [2.75, 3.05) is 13.1 Å². The Morgan fingerprint density at radius 3 is 2.61 bits per heavy atom. The fraction of sp³-hybridized carbons (Fsp3) is 0.933. The van der Waals surface area contributed by atoms with Gasteiger partial charge < -0.3 is 10.6 Å². The van der Waals surface area contributed by atoms with Gasteiger partial charge in [-0.3, -0.25) is 4.79 Å². The number of hydrogen-bond donors (Lipinski definition) is 1. The number of likely N-dealkylation sites (tertiary alicyclic amines) is 1. The summed E-state index contributed by atoms with van der Waals surface area (Å²) >= 11 is 0. The molecule has 2 aliphatic rings. The first kappa shape index (κ1) is 13.9. The molecule has 0 aromatic rings. The summed E-state index contributed by atoms with van der Waals surface area (Å²) in [6.45, 7) is 8.65. The van der Waals surface area contributed by atoms with Crippen LogP contribution >= 0.6 is 0 Å². The minimum absolute atomic E-state index is 0.0830. The van der Waals surface area contributed by atoms with E-state index in [1.54, 1.807) is 0 Å². The summed E-state index contributed by atoms with van der Waals surface area (Å²) in [6.07, 6.45) is 4.35. The molecule has 4 unspecified atom stereocenters. The standard InChI is InChI=1S/C15H28N2O/c1-10(2)12-6-7-17(9-12)15(18)13-8-11(3)4-5-14(13)16/h10-14H,4-9,16H2,1-3H3. The fourth-order valence-corrected chi connectivity index (χ4v) is 3.45. The second kappa shape index (κ2) is 5.60. The summed E-state index contributed by atoms with van der Waals surface area (Å²) in [5.74, 6) is 2.44. The van der Waals surface area contributed by atoms with Crippen LogP contribution in [0.1, 0.15) is 46.5 Å². The van der Waals surface area contributed by atoms with Crippen molar-refractivity contribution in [3.8, 4) is 0 Å². The predicted octanol–water partition coefficient (Wildman–Crippen LogP) is 2.25. The minimum atomic E-state index is 0.0830. The first-order valence-corrected chi connectivity index (χ1v) is 7.53. The Kier molecular flexibility index (Phi) is 4.31. The molecule has 0 spiro atoms. The highest BCUT2D eigenvalue weighted by atomic mass is 16.2. The van der Waals surface area contributed by atoms with Gasteiger partial charge in [0.05, 0.1) is 5.92 Å². The maximum Gasteiger partial charge on any atom is 0.227 e. The Hall–Kier alpha value is -0.570. The van der Waals surface area contributed by atoms with Crippen LogP contribution in [-0.2, 0) is 4.79 Å². The van der Waals surface area contributed by atoms with Crippen LogP contribution < -0.4 is 5.73 Å². The van der Waals surface area contributed by atoms with E-state index in [0.29, 0.717) is 23.7 Å². The summed E-state index contributed by atoms with van der Waals surface area (Å²) in [5.41, 5.74) is 6.16. The van der Waals surface area contributed by atoms with Crippen LogP contribution in [0.3, 0.4) is 0 Å². The van der Waals surface area contributed by atoms with E-state index < -0.39 is 0 Å². The molecular formula is C15H28N2O. The number of amides is 1. The second-order valence-corrected chi connectivity index (χ2v) is 6.77. The van der Waals surface area contributed by atoms with Crippen LogP contribution in [0.5, 0.6) is 0 Å². The van der Waals surface area contributed by atoms with Gasteiger partial charge in [-0.1, -0.05) is 20.8 Å². The number of nitrogens with zero attached hydrogens (tertiary/aromatic N) is 1.